The molecule has 2 aromatic rings. The van der Waals surface area contributed by atoms with Crippen molar-refractivity contribution in [1.82, 2.24) is 20.4 Å². The van der Waals surface area contributed by atoms with Gasteiger partial charge in [0.2, 0.25) is 5.82 Å². The highest BCUT2D eigenvalue weighted by atomic mass is 16.5. The standard InChI is InChI=1S/C9H8N4O/c1-14-8-4-2-3-7(5-8)9-12-10-6-11-13-9/h2-6H,1H3. The van der Waals surface area contributed by atoms with Gasteiger partial charge >= 0.3 is 0 Å². The van der Waals surface area contributed by atoms with E-state index in [1.807, 2.05) is 24.3 Å². The van der Waals surface area contributed by atoms with E-state index in [0.29, 0.717) is 5.82 Å². The lowest BCUT2D eigenvalue weighted by Gasteiger charge is -2.01. The first-order chi connectivity index (χ1) is 6.90. The summed E-state index contributed by atoms with van der Waals surface area (Å²) in [6.07, 6.45) is 1.30. The Hall–Kier alpha value is -2.04. The minimum Gasteiger partial charge on any atom is -0.497 e. The van der Waals surface area contributed by atoms with Gasteiger partial charge in [-0.25, -0.2) is 0 Å². The van der Waals surface area contributed by atoms with Gasteiger partial charge in [0.1, 0.15) is 5.75 Å². The highest BCUT2D eigenvalue weighted by Gasteiger charge is 2.02. The molecular formula is C9H8N4O. The topological polar surface area (TPSA) is 60.8 Å². The average molecular weight is 188 g/mol. The van der Waals surface area contributed by atoms with Gasteiger partial charge in [0.05, 0.1) is 7.11 Å². The molecule has 1 aromatic heterocycles. The third kappa shape index (κ3) is 1.66. The van der Waals surface area contributed by atoms with Crippen molar-refractivity contribution >= 4 is 0 Å². The van der Waals surface area contributed by atoms with Crippen LogP contribution in [-0.4, -0.2) is 27.5 Å². The smallest absolute Gasteiger partial charge is 0.203 e. The maximum Gasteiger partial charge on any atom is 0.203 e. The second-order valence-electron chi connectivity index (χ2n) is 2.60. The molecule has 0 spiro atoms. The molecule has 0 saturated heterocycles. The number of benzene rings is 1. The lowest BCUT2D eigenvalue weighted by molar-refractivity contribution is 0.415. The van der Waals surface area contributed by atoms with Gasteiger partial charge in [-0.05, 0) is 12.1 Å². The quantitative estimate of drug-likeness (QED) is 0.701. The van der Waals surface area contributed by atoms with Crippen LogP contribution >= 0.6 is 0 Å². The van der Waals surface area contributed by atoms with Crippen LogP contribution in [0.1, 0.15) is 0 Å². The molecule has 0 aliphatic carbocycles. The highest BCUT2D eigenvalue weighted by Crippen LogP contribution is 2.18. The molecule has 14 heavy (non-hydrogen) atoms. The van der Waals surface area contributed by atoms with E-state index in [0.717, 1.165) is 11.3 Å². The molecule has 5 heteroatoms. The summed E-state index contributed by atoms with van der Waals surface area (Å²) in [5.74, 6) is 1.25. The van der Waals surface area contributed by atoms with Crippen molar-refractivity contribution < 1.29 is 4.74 Å². The van der Waals surface area contributed by atoms with Crippen molar-refractivity contribution in [2.75, 3.05) is 7.11 Å². The van der Waals surface area contributed by atoms with E-state index in [1.165, 1.54) is 6.33 Å². The van der Waals surface area contributed by atoms with Gasteiger partial charge in [0, 0.05) is 5.56 Å². The molecule has 2 rings (SSSR count). The summed E-state index contributed by atoms with van der Waals surface area (Å²) in [5, 5.41) is 15.0. The Morgan fingerprint density at radius 1 is 1.14 bits per heavy atom. The molecule has 0 bridgehead atoms. The summed E-state index contributed by atoms with van der Waals surface area (Å²) in [4.78, 5) is 0. The van der Waals surface area contributed by atoms with Gasteiger partial charge in [0.25, 0.3) is 0 Å². The fraction of sp³-hybridized carbons (Fsp3) is 0.111. The van der Waals surface area contributed by atoms with Crippen LogP contribution in [0, 0.1) is 0 Å². The van der Waals surface area contributed by atoms with Crippen molar-refractivity contribution in [3.05, 3.63) is 30.6 Å². The van der Waals surface area contributed by atoms with E-state index in [4.69, 9.17) is 4.74 Å². The zero-order valence-electron chi connectivity index (χ0n) is 7.58. The molecule has 0 amide bonds. The Morgan fingerprint density at radius 2 is 1.93 bits per heavy atom. The predicted octanol–water partition coefficient (Wildman–Crippen LogP) is 0.942. The molecule has 5 nitrogen and oxygen atoms in total. The van der Waals surface area contributed by atoms with Gasteiger partial charge in [-0.3, -0.25) is 0 Å². The summed E-state index contributed by atoms with van der Waals surface area (Å²) >= 11 is 0. The van der Waals surface area contributed by atoms with Gasteiger partial charge in [-0.15, -0.1) is 20.4 Å². The summed E-state index contributed by atoms with van der Waals surface area (Å²) in [6.45, 7) is 0. The average Bonchev–Trinajstić information content (AvgIpc) is 2.30. The molecular weight excluding hydrogens is 180 g/mol. The lowest BCUT2D eigenvalue weighted by atomic mass is 10.2. The minimum absolute atomic E-state index is 0.492. The van der Waals surface area contributed by atoms with E-state index in [1.54, 1.807) is 7.11 Å². The zero-order chi connectivity index (χ0) is 9.80. The Morgan fingerprint density at radius 3 is 2.64 bits per heavy atom. The van der Waals surface area contributed by atoms with Crippen molar-refractivity contribution in [3.63, 3.8) is 0 Å². The van der Waals surface area contributed by atoms with E-state index in [9.17, 15) is 0 Å². The molecule has 1 heterocycles. The number of hydrogen-bond acceptors (Lipinski definition) is 5. The molecule has 0 unspecified atom stereocenters. The molecule has 0 N–H and O–H groups in total. The van der Waals surface area contributed by atoms with Crippen LogP contribution in [0.4, 0.5) is 0 Å². The number of nitrogens with zero attached hydrogens (tertiary/aromatic N) is 4. The highest BCUT2D eigenvalue weighted by molar-refractivity contribution is 5.56. The van der Waals surface area contributed by atoms with E-state index in [-0.39, 0.29) is 0 Å². The summed E-state index contributed by atoms with van der Waals surface area (Å²) in [5.41, 5.74) is 0.838. The zero-order valence-corrected chi connectivity index (χ0v) is 7.58. The monoisotopic (exact) mass is 188 g/mol. The molecule has 0 saturated carbocycles. The second kappa shape index (κ2) is 3.78. The van der Waals surface area contributed by atoms with E-state index >= 15 is 0 Å². The first-order valence-electron chi connectivity index (χ1n) is 4.05. The molecule has 0 atom stereocenters. The number of aromatic nitrogens is 4. The first kappa shape index (κ1) is 8.55. The van der Waals surface area contributed by atoms with Crippen molar-refractivity contribution in [3.8, 4) is 17.1 Å². The maximum atomic E-state index is 5.08. The van der Waals surface area contributed by atoms with Gasteiger partial charge in [0.15, 0.2) is 6.33 Å². The summed E-state index contributed by atoms with van der Waals surface area (Å²) in [6, 6.07) is 7.43. The first-order valence-corrected chi connectivity index (χ1v) is 4.05. The third-order valence-electron chi connectivity index (χ3n) is 1.74. The van der Waals surface area contributed by atoms with Crippen LogP contribution in [0.2, 0.25) is 0 Å². The minimum atomic E-state index is 0.492. The number of methoxy groups -OCH3 is 1. The fourth-order valence-corrected chi connectivity index (χ4v) is 1.08. The van der Waals surface area contributed by atoms with Crippen LogP contribution in [-0.2, 0) is 0 Å². The second-order valence-corrected chi connectivity index (χ2v) is 2.60. The van der Waals surface area contributed by atoms with Crippen LogP contribution in [0.15, 0.2) is 30.6 Å². The number of hydrogen-bond donors (Lipinski definition) is 0. The third-order valence-corrected chi connectivity index (χ3v) is 1.74. The Balaban J connectivity index is 2.42. The molecule has 70 valence electrons. The van der Waals surface area contributed by atoms with Gasteiger partial charge in [-0.2, -0.15) is 0 Å². The van der Waals surface area contributed by atoms with Gasteiger partial charge < -0.3 is 4.74 Å². The van der Waals surface area contributed by atoms with Crippen molar-refractivity contribution in [1.29, 1.82) is 0 Å². The van der Waals surface area contributed by atoms with Crippen molar-refractivity contribution in [2.24, 2.45) is 0 Å². The Labute approximate surface area is 80.8 Å². The normalized spacial score (nSPS) is 9.79. The SMILES string of the molecule is COc1cccc(-c2nncnn2)c1. The molecule has 0 aliphatic rings. The van der Waals surface area contributed by atoms with E-state index < -0.39 is 0 Å². The van der Waals surface area contributed by atoms with E-state index in [2.05, 4.69) is 20.4 Å². The molecule has 0 radical (unpaired) electrons. The predicted molar refractivity (Wildman–Crippen MR) is 49.6 cm³/mol. The Bertz CT molecular complexity index is 418. The lowest BCUT2D eigenvalue weighted by Crippen LogP contribution is -1.94. The number of ether oxygens (including phenoxy) is 1. The maximum absolute atomic E-state index is 5.08. The van der Waals surface area contributed by atoms with Crippen molar-refractivity contribution in [2.45, 2.75) is 0 Å². The van der Waals surface area contributed by atoms with Crippen LogP contribution in [0.3, 0.4) is 0 Å². The fourth-order valence-electron chi connectivity index (χ4n) is 1.08. The van der Waals surface area contributed by atoms with Gasteiger partial charge in [-0.1, -0.05) is 12.1 Å². The molecule has 1 aromatic carbocycles. The summed E-state index contributed by atoms with van der Waals surface area (Å²) in [7, 11) is 1.61. The van der Waals surface area contributed by atoms with Crippen LogP contribution < -0.4 is 4.74 Å². The molecule has 0 fully saturated rings. The Kier molecular flexibility index (Phi) is 2.31. The van der Waals surface area contributed by atoms with Crippen LogP contribution in [0.25, 0.3) is 11.4 Å². The largest absolute Gasteiger partial charge is 0.497 e. The summed E-state index contributed by atoms with van der Waals surface area (Å²) < 4.78 is 5.08. The molecule has 0 aliphatic heterocycles. The number of rotatable bonds is 2. The van der Waals surface area contributed by atoms with Crippen LogP contribution in [0.5, 0.6) is 5.75 Å².